The van der Waals surface area contributed by atoms with Crippen LogP contribution in [0, 0.1) is 0 Å². The molecule has 54 valence electrons. The van der Waals surface area contributed by atoms with Gasteiger partial charge in [0, 0.05) is 13.0 Å². The summed E-state index contributed by atoms with van der Waals surface area (Å²) in [5.41, 5.74) is 0. The lowest BCUT2D eigenvalue weighted by Gasteiger charge is -2.11. The second kappa shape index (κ2) is 3.73. The molecule has 0 saturated carbocycles. The molecule has 1 heterocycles. The van der Waals surface area contributed by atoms with Gasteiger partial charge in [-0.2, -0.15) is 0 Å². The molecule has 0 radical (unpaired) electrons. The minimum atomic E-state index is 0.280. The highest BCUT2D eigenvalue weighted by atomic mass is 127. The first-order chi connectivity index (χ1) is 4.34. The van der Waals surface area contributed by atoms with Crippen LogP contribution in [0.5, 0.6) is 0 Å². The lowest BCUT2D eigenvalue weighted by atomic mass is 10.3. The van der Waals surface area contributed by atoms with Crippen LogP contribution in [0.15, 0.2) is 0 Å². The van der Waals surface area contributed by atoms with Crippen molar-refractivity contribution in [3.63, 3.8) is 0 Å². The van der Waals surface area contributed by atoms with E-state index in [1.807, 2.05) is 6.92 Å². The second-order valence-electron chi connectivity index (χ2n) is 2.00. The maximum Gasteiger partial charge on any atom is 0.134 e. The molecule has 0 aliphatic carbocycles. The summed E-state index contributed by atoms with van der Waals surface area (Å²) < 4.78 is 10.9. The Hall–Kier alpha value is 0.650. The van der Waals surface area contributed by atoms with Crippen molar-refractivity contribution in [2.24, 2.45) is 0 Å². The van der Waals surface area contributed by atoms with E-state index in [1.165, 1.54) is 0 Å². The summed E-state index contributed by atoms with van der Waals surface area (Å²) in [6.45, 7) is 3.67. The van der Waals surface area contributed by atoms with Crippen LogP contribution in [0.1, 0.15) is 13.3 Å². The minimum absolute atomic E-state index is 0.280. The number of rotatable bonds is 2. The normalized spacial score (nSPS) is 35.3. The highest BCUT2D eigenvalue weighted by molar-refractivity contribution is 14.1. The predicted octanol–water partition coefficient (Wildman–Crippen LogP) is 1.57. The topological polar surface area (TPSA) is 18.5 Å². The van der Waals surface area contributed by atoms with Gasteiger partial charge < -0.3 is 9.47 Å². The number of alkyl halides is 1. The lowest BCUT2D eigenvalue weighted by Crippen LogP contribution is -2.18. The Balaban J connectivity index is 2.22. The molecular formula is C6H11IO2. The van der Waals surface area contributed by atoms with Gasteiger partial charge in [0.1, 0.15) is 4.11 Å². The molecule has 0 N–H and O–H groups in total. The molecule has 0 aromatic heterocycles. The van der Waals surface area contributed by atoms with Crippen molar-refractivity contribution >= 4 is 22.6 Å². The number of ether oxygens (including phenoxy) is 2. The molecule has 1 aliphatic rings. The van der Waals surface area contributed by atoms with Gasteiger partial charge in [0.15, 0.2) is 0 Å². The fourth-order valence-electron chi connectivity index (χ4n) is 0.908. The largest absolute Gasteiger partial charge is 0.375 e. The molecule has 0 aromatic carbocycles. The van der Waals surface area contributed by atoms with Crippen molar-refractivity contribution in [2.45, 2.75) is 23.6 Å². The zero-order valence-corrected chi connectivity index (χ0v) is 7.63. The van der Waals surface area contributed by atoms with E-state index in [4.69, 9.17) is 9.47 Å². The van der Waals surface area contributed by atoms with Crippen LogP contribution in [-0.4, -0.2) is 23.4 Å². The molecule has 1 aliphatic heterocycles. The van der Waals surface area contributed by atoms with Crippen LogP contribution in [0.2, 0.25) is 0 Å². The molecule has 2 nitrogen and oxygen atoms in total. The average Bonchev–Trinajstić information content (AvgIpc) is 2.18. The van der Waals surface area contributed by atoms with Crippen LogP contribution < -0.4 is 0 Å². The van der Waals surface area contributed by atoms with Gasteiger partial charge in [-0.25, -0.2) is 0 Å². The zero-order chi connectivity index (χ0) is 6.69. The van der Waals surface area contributed by atoms with Crippen LogP contribution in [-0.2, 0) is 9.47 Å². The molecule has 2 atom stereocenters. The van der Waals surface area contributed by atoms with Crippen LogP contribution >= 0.6 is 22.6 Å². The van der Waals surface area contributed by atoms with Crippen LogP contribution in [0.4, 0.5) is 0 Å². The molecule has 0 aromatic rings. The summed E-state index contributed by atoms with van der Waals surface area (Å²) in [5.74, 6) is 0. The third kappa shape index (κ3) is 2.05. The van der Waals surface area contributed by atoms with E-state index in [0.717, 1.165) is 19.6 Å². The summed E-state index contributed by atoms with van der Waals surface area (Å²) in [4.78, 5) is 0. The van der Waals surface area contributed by atoms with Crippen LogP contribution in [0.3, 0.4) is 0 Å². The molecule has 3 heteroatoms. The molecule has 0 amide bonds. The van der Waals surface area contributed by atoms with Gasteiger partial charge in [0.05, 0.1) is 12.7 Å². The first kappa shape index (κ1) is 7.75. The molecule has 1 fully saturated rings. The van der Waals surface area contributed by atoms with Gasteiger partial charge in [-0.05, 0) is 29.5 Å². The fourth-order valence-corrected chi connectivity index (χ4v) is 1.73. The number of hydrogen-bond donors (Lipinski definition) is 0. The third-order valence-electron chi connectivity index (χ3n) is 1.35. The highest BCUT2D eigenvalue weighted by Crippen LogP contribution is 2.21. The smallest absolute Gasteiger partial charge is 0.134 e. The maximum absolute atomic E-state index is 5.38. The average molecular weight is 242 g/mol. The van der Waals surface area contributed by atoms with Crippen molar-refractivity contribution in [1.29, 1.82) is 0 Å². The Kier molecular flexibility index (Phi) is 3.21. The van der Waals surface area contributed by atoms with E-state index in [-0.39, 0.29) is 4.11 Å². The molecule has 1 rings (SSSR count). The summed E-state index contributed by atoms with van der Waals surface area (Å²) in [7, 11) is 0. The van der Waals surface area contributed by atoms with E-state index in [9.17, 15) is 0 Å². The predicted molar refractivity (Wildman–Crippen MR) is 43.8 cm³/mol. The van der Waals surface area contributed by atoms with E-state index in [0.29, 0.717) is 6.10 Å². The quantitative estimate of drug-likeness (QED) is 0.540. The molecule has 0 spiro atoms. The number of halogens is 1. The van der Waals surface area contributed by atoms with Crippen molar-refractivity contribution in [3.05, 3.63) is 0 Å². The molecular weight excluding hydrogens is 231 g/mol. The van der Waals surface area contributed by atoms with Gasteiger partial charge >= 0.3 is 0 Å². The molecule has 1 unspecified atom stereocenters. The lowest BCUT2D eigenvalue weighted by molar-refractivity contribution is 0.0429. The summed E-state index contributed by atoms with van der Waals surface area (Å²) in [6, 6.07) is 0. The highest BCUT2D eigenvalue weighted by Gasteiger charge is 2.25. The van der Waals surface area contributed by atoms with E-state index < -0.39 is 0 Å². The second-order valence-corrected chi connectivity index (χ2v) is 3.23. The van der Waals surface area contributed by atoms with E-state index >= 15 is 0 Å². The van der Waals surface area contributed by atoms with Gasteiger partial charge in [-0.3, -0.25) is 0 Å². The van der Waals surface area contributed by atoms with Gasteiger partial charge in [0.2, 0.25) is 0 Å². The van der Waals surface area contributed by atoms with Gasteiger partial charge in [0.25, 0.3) is 0 Å². The SMILES string of the molecule is CCOC1CCO[C@@H]1I. The van der Waals surface area contributed by atoms with Gasteiger partial charge in [-0.15, -0.1) is 0 Å². The molecule has 0 bridgehead atoms. The summed E-state index contributed by atoms with van der Waals surface area (Å²) in [6.07, 6.45) is 1.40. The maximum atomic E-state index is 5.38. The van der Waals surface area contributed by atoms with Crippen molar-refractivity contribution in [2.75, 3.05) is 13.2 Å². The standard InChI is InChI=1S/C6H11IO2/c1-2-8-5-3-4-9-6(5)7/h5-6H,2-4H2,1H3/t5?,6-/m0/s1. The zero-order valence-electron chi connectivity index (χ0n) is 5.47. The first-order valence-electron chi connectivity index (χ1n) is 3.22. The van der Waals surface area contributed by atoms with Crippen molar-refractivity contribution < 1.29 is 9.47 Å². The van der Waals surface area contributed by atoms with Crippen molar-refractivity contribution in [3.8, 4) is 0 Å². The summed E-state index contributed by atoms with van der Waals surface area (Å²) in [5, 5.41) is 0. The Bertz CT molecular complexity index is 87.1. The monoisotopic (exact) mass is 242 g/mol. The summed E-state index contributed by atoms with van der Waals surface area (Å²) >= 11 is 2.27. The first-order valence-corrected chi connectivity index (χ1v) is 4.46. The third-order valence-corrected chi connectivity index (χ3v) is 2.51. The Labute approximate surface area is 69.0 Å². The minimum Gasteiger partial charge on any atom is -0.375 e. The van der Waals surface area contributed by atoms with Gasteiger partial charge in [-0.1, -0.05) is 0 Å². The van der Waals surface area contributed by atoms with E-state index in [1.54, 1.807) is 0 Å². The molecule has 1 saturated heterocycles. The molecule has 9 heavy (non-hydrogen) atoms. The Morgan fingerprint density at radius 1 is 1.78 bits per heavy atom. The Morgan fingerprint density at radius 2 is 2.56 bits per heavy atom. The van der Waals surface area contributed by atoms with Crippen LogP contribution in [0.25, 0.3) is 0 Å². The van der Waals surface area contributed by atoms with Crippen molar-refractivity contribution in [1.82, 2.24) is 0 Å². The Morgan fingerprint density at radius 3 is 3.00 bits per heavy atom. The van der Waals surface area contributed by atoms with E-state index in [2.05, 4.69) is 22.6 Å². The fraction of sp³-hybridized carbons (Fsp3) is 1.00. The number of hydrogen-bond acceptors (Lipinski definition) is 2.